The van der Waals surface area contributed by atoms with Crippen LogP contribution in [0.5, 0.6) is 5.88 Å². The van der Waals surface area contributed by atoms with Gasteiger partial charge in [-0.2, -0.15) is 9.97 Å². The molecule has 0 aliphatic carbocycles. The maximum Gasteiger partial charge on any atom is 0.247 e. The van der Waals surface area contributed by atoms with E-state index < -0.39 is 0 Å². The largest absolute Gasteiger partial charge is 0.476 e. The van der Waals surface area contributed by atoms with Gasteiger partial charge in [0.2, 0.25) is 11.8 Å². The molecular formula is C12H10BrN5OS. The Morgan fingerprint density at radius 3 is 2.85 bits per heavy atom. The van der Waals surface area contributed by atoms with Crippen LogP contribution in [0.4, 0.5) is 5.95 Å². The van der Waals surface area contributed by atoms with Crippen molar-refractivity contribution >= 4 is 44.4 Å². The smallest absolute Gasteiger partial charge is 0.247 e. The molecule has 3 rings (SSSR count). The minimum atomic E-state index is 0.127. The summed E-state index contributed by atoms with van der Waals surface area (Å²) < 4.78 is 6.49. The number of hydrogen-bond acceptors (Lipinski definition) is 7. The third-order valence-corrected chi connectivity index (χ3v) is 4.15. The molecule has 0 amide bonds. The Kier molecular flexibility index (Phi) is 3.49. The summed E-state index contributed by atoms with van der Waals surface area (Å²) in [5, 5.41) is 0. The summed E-state index contributed by atoms with van der Waals surface area (Å²) in [4.78, 5) is 18.0. The van der Waals surface area contributed by atoms with Crippen molar-refractivity contribution in [2.45, 2.75) is 6.92 Å². The number of nitrogen functional groups attached to an aromatic ring is 1. The lowest BCUT2D eigenvalue weighted by molar-refractivity contribution is 0.330. The summed E-state index contributed by atoms with van der Waals surface area (Å²) in [7, 11) is 0. The van der Waals surface area contributed by atoms with Crippen LogP contribution in [-0.2, 0) is 0 Å². The van der Waals surface area contributed by atoms with Crippen LogP contribution in [0.1, 0.15) is 6.92 Å². The number of nitrogens with zero attached hydrogens (tertiary/aromatic N) is 4. The van der Waals surface area contributed by atoms with Crippen molar-refractivity contribution in [3.8, 4) is 16.5 Å². The number of rotatable bonds is 3. The monoisotopic (exact) mass is 351 g/mol. The number of thiophene rings is 1. The predicted molar refractivity (Wildman–Crippen MR) is 81.7 cm³/mol. The van der Waals surface area contributed by atoms with Crippen molar-refractivity contribution in [3.05, 3.63) is 22.1 Å². The zero-order valence-electron chi connectivity index (χ0n) is 10.5. The van der Waals surface area contributed by atoms with Gasteiger partial charge in [0, 0.05) is 0 Å². The minimum absolute atomic E-state index is 0.127. The van der Waals surface area contributed by atoms with E-state index in [1.807, 2.05) is 19.1 Å². The van der Waals surface area contributed by atoms with E-state index in [2.05, 4.69) is 35.9 Å². The number of hydrogen-bond donors (Lipinski definition) is 1. The quantitative estimate of drug-likeness (QED) is 0.780. The number of nitrogens with two attached hydrogens (primary N) is 1. The molecule has 0 fully saturated rings. The summed E-state index contributed by atoms with van der Waals surface area (Å²) >= 11 is 5.01. The maximum atomic E-state index is 5.63. The molecule has 0 atom stereocenters. The predicted octanol–water partition coefficient (Wildman–Crippen LogP) is 2.89. The van der Waals surface area contributed by atoms with Crippen LogP contribution >= 0.6 is 27.3 Å². The molecule has 0 radical (unpaired) electrons. The van der Waals surface area contributed by atoms with E-state index in [0.717, 1.165) is 14.4 Å². The van der Waals surface area contributed by atoms with Gasteiger partial charge in [0.05, 0.1) is 27.2 Å². The normalized spacial score (nSPS) is 10.9. The Labute approximate surface area is 127 Å². The first kappa shape index (κ1) is 13.2. The van der Waals surface area contributed by atoms with Crippen LogP contribution in [0.25, 0.3) is 21.7 Å². The highest BCUT2D eigenvalue weighted by atomic mass is 79.9. The van der Waals surface area contributed by atoms with Crippen molar-refractivity contribution in [1.82, 2.24) is 19.9 Å². The van der Waals surface area contributed by atoms with Crippen LogP contribution in [0.3, 0.4) is 0 Å². The molecule has 0 spiro atoms. The van der Waals surface area contributed by atoms with Crippen molar-refractivity contribution in [2.24, 2.45) is 0 Å². The fourth-order valence-electron chi connectivity index (χ4n) is 1.71. The second kappa shape index (κ2) is 5.29. The molecule has 3 aromatic heterocycles. The van der Waals surface area contributed by atoms with E-state index in [0.29, 0.717) is 23.7 Å². The summed E-state index contributed by atoms with van der Waals surface area (Å²) in [6, 6.07) is 3.94. The zero-order chi connectivity index (χ0) is 14.1. The molecule has 0 unspecified atom stereocenters. The lowest BCUT2D eigenvalue weighted by atomic mass is 10.3. The van der Waals surface area contributed by atoms with Crippen molar-refractivity contribution < 1.29 is 4.74 Å². The Morgan fingerprint density at radius 2 is 2.15 bits per heavy atom. The highest BCUT2D eigenvalue weighted by molar-refractivity contribution is 9.11. The second-order valence-corrected chi connectivity index (χ2v) is 6.31. The molecule has 2 N–H and O–H groups in total. The number of anilines is 1. The number of fused-ring (bicyclic) bond motifs is 1. The molecule has 6 nitrogen and oxygen atoms in total. The van der Waals surface area contributed by atoms with Gasteiger partial charge in [-0.15, -0.1) is 11.3 Å². The second-order valence-electron chi connectivity index (χ2n) is 3.85. The molecule has 3 heterocycles. The Morgan fingerprint density at radius 1 is 1.30 bits per heavy atom. The molecular weight excluding hydrogens is 342 g/mol. The van der Waals surface area contributed by atoms with Crippen LogP contribution < -0.4 is 10.5 Å². The summed E-state index contributed by atoms with van der Waals surface area (Å²) in [6.07, 6.45) is 1.67. The molecule has 0 aliphatic heterocycles. The Balaban J connectivity index is 2.18. The highest BCUT2D eigenvalue weighted by Crippen LogP contribution is 2.31. The van der Waals surface area contributed by atoms with Gasteiger partial charge in [0.25, 0.3) is 0 Å². The molecule has 3 aromatic rings. The molecule has 0 saturated heterocycles. The molecule has 0 saturated carbocycles. The lowest BCUT2D eigenvalue weighted by Gasteiger charge is -2.06. The SMILES string of the molecule is CCOc1nc(N)nc2ncc(-c3ccc(Br)s3)nc12. The average Bonchev–Trinajstić information content (AvgIpc) is 2.85. The first-order valence-electron chi connectivity index (χ1n) is 5.86. The Hall–Kier alpha value is -1.80. The summed E-state index contributed by atoms with van der Waals surface area (Å²) in [5.41, 5.74) is 7.33. The van der Waals surface area contributed by atoms with Gasteiger partial charge in [-0.3, -0.25) is 0 Å². The van der Waals surface area contributed by atoms with Gasteiger partial charge in [-0.05, 0) is 35.0 Å². The standard InChI is InChI=1S/C12H10BrN5OS/c1-2-19-11-9-10(17-12(14)18-11)15-5-6(16-9)7-3-4-8(13)20-7/h3-5H,2H2,1H3,(H2,14,15,17,18). The number of ether oxygens (including phenoxy) is 1. The van der Waals surface area contributed by atoms with Crippen LogP contribution in [0.15, 0.2) is 22.1 Å². The van der Waals surface area contributed by atoms with Gasteiger partial charge in [0.1, 0.15) is 0 Å². The summed E-state index contributed by atoms with van der Waals surface area (Å²) in [5.74, 6) is 0.488. The van der Waals surface area contributed by atoms with E-state index in [9.17, 15) is 0 Å². The van der Waals surface area contributed by atoms with E-state index in [-0.39, 0.29) is 5.95 Å². The average molecular weight is 352 g/mol. The van der Waals surface area contributed by atoms with Gasteiger partial charge in [-0.25, -0.2) is 9.97 Å². The fourth-order valence-corrected chi connectivity index (χ4v) is 3.05. The maximum absolute atomic E-state index is 5.63. The first-order valence-corrected chi connectivity index (χ1v) is 7.47. The highest BCUT2D eigenvalue weighted by Gasteiger charge is 2.12. The molecule has 102 valence electrons. The summed E-state index contributed by atoms with van der Waals surface area (Å²) in [6.45, 7) is 2.35. The van der Waals surface area contributed by atoms with E-state index >= 15 is 0 Å². The molecule has 0 bridgehead atoms. The third-order valence-electron chi connectivity index (χ3n) is 2.50. The fraction of sp³-hybridized carbons (Fsp3) is 0.167. The van der Waals surface area contributed by atoms with Crippen molar-refractivity contribution in [3.63, 3.8) is 0 Å². The van der Waals surface area contributed by atoms with Gasteiger partial charge in [-0.1, -0.05) is 0 Å². The molecule has 0 aromatic carbocycles. The van der Waals surface area contributed by atoms with Crippen LogP contribution in [0.2, 0.25) is 0 Å². The topological polar surface area (TPSA) is 86.8 Å². The van der Waals surface area contributed by atoms with Crippen molar-refractivity contribution in [2.75, 3.05) is 12.3 Å². The third kappa shape index (κ3) is 2.44. The van der Waals surface area contributed by atoms with E-state index in [1.54, 1.807) is 17.5 Å². The lowest BCUT2D eigenvalue weighted by Crippen LogP contribution is -2.03. The number of aromatic nitrogens is 4. The van der Waals surface area contributed by atoms with Gasteiger partial charge >= 0.3 is 0 Å². The Bertz CT molecular complexity index is 776. The van der Waals surface area contributed by atoms with Crippen LogP contribution in [0, 0.1) is 0 Å². The zero-order valence-corrected chi connectivity index (χ0v) is 12.9. The molecule has 8 heteroatoms. The van der Waals surface area contributed by atoms with E-state index in [1.165, 1.54) is 0 Å². The van der Waals surface area contributed by atoms with Gasteiger partial charge in [0.15, 0.2) is 11.2 Å². The molecule has 0 aliphatic rings. The number of halogens is 1. The van der Waals surface area contributed by atoms with E-state index in [4.69, 9.17) is 10.5 Å². The van der Waals surface area contributed by atoms with Crippen molar-refractivity contribution in [1.29, 1.82) is 0 Å². The van der Waals surface area contributed by atoms with Gasteiger partial charge < -0.3 is 10.5 Å². The first-order chi connectivity index (χ1) is 9.67. The van der Waals surface area contributed by atoms with Crippen LogP contribution in [-0.4, -0.2) is 26.5 Å². The molecule has 20 heavy (non-hydrogen) atoms. The minimum Gasteiger partial charge on any atom is -0.476 e.